The third-order valence-corrected chi connectivity index (χ3v) is 7.11. The number of hydrogen-bond acceptors (Lipinski definition) is 4. The second kappa shape index (κ2) is 6.79. The van der Waals surface area contributed by atoms with Crippen molar-refractivity contribution in [1.29, 1.82) is 0 Å². The van der Waals surface area contributed by atoms with Gasteiger partial charge in [0.25, 0.3) is 5.91 Å². The molecular weight excluding hydrogens is 381 g/mol. The smallest absolute Gasteiger partial charge is 0.272 e. The van der Waals surface area contributed by atoms with Crippen molar-refractivity contribution in [2.24, 2.45) is 4.99 Å². The highest BCUT2D eigenvalue weighted by atomic mass is 32.2. The minimum Gasteiger partial charge on any atom is -0.326 e. The zero-order valence-electron chi connectivity index (χ0n) is 15.4. The lowest BCUT2D eigenvalue weighted by atomic mass is 10.00. The van der Waals surface area contributed by atoms with Crippen molar-refractivity contribution in [3.63, 3.8) is 0 Å². The van der Waals surface area contributed by atoms with Crippen LogP contribution in [0.5, 0.6) is 0 Å². The molecule has 1 saturated heterocycles. The summed E-state index contributed by atoms with van der Waals surface area (Å²) in [6, 6.07) is 12.9. The Morgan fingerprint density at radius 3 is 2.50 bits per heavy atom. The molecule has 1 fully saturated rings. The van der Waals surface area contributed by atoms with Gasteiger partial charge in [-0.2, -0.15) is 4.31 Å². The number of carbonyl (C=O) groups excluding carboxylic acids is 1. The predicted molar refractivity (Wildman–Crippen MR) is 103 cm³/mol. The van der Waals surface area contributed by atoms with Crippen LogP contribution in [-0.4, -0.2) is 43.1 Å². The number of halogens is 1. The molecule has 2 heterocycles. The molecule has 4 rings (SSSR count). The van der Waals surface area contributed by atoms with Gasteiger partial charge in [0.05, 0.1) is 0 Å². The van der Waals surface area contributed by atoms with Crippen LogP contribution in [-0.2, 0) is 14.8 Å². The number of nitrogens with zero attached hydrogens (tertiary/aromatic N) is 2. The molecule has 0 aromatic heterocycles. The standard InChI is InChI=1S/C20H20FN3O3S/c1-14-5-4-6-15(13-14)18-19(25)23-20(22-18)9-11-24(12-10-20)28(26,27)17-8-3-2-7-16(17)21/h2-8,13H,9-12H2,1H3,(H,23,25). The molecule has 146 valence electrons. The van der Waals surface area contributed by atoms with Crippen LogP contribution in [0.25, 0.3) is 0 Å². The normalized spacial score (nSPS) is 19.5. The molecule has 2 aliphatic heterocycles. The van der Waals surface area contributed by atoms with Crippen LogP contribution in [0.1, 0.15) is 24.0 Å². The van der Waals surface area contributed by atoms with Crippen LogP contribution < -0.4 is 5.32 Å². The summed E-state index contributed by atoms with van der Waals surface area (Å²) in [4.78, 5) is 16.8. The third-order valence-electron chi connectivity index (χ3n) is 5.18. The van der Waals surface area contributed by atoms with Gasteiger partial charge in [-0.05, 0) is 25.1 Å². The Kier molecular flexibility index (Phi) is 4.55. The molecule has 8 heteroatoms. The van der Waals surface area contributed by atoms with E-state index < -0.39 is 21.5 Å². The minimum absolute atomic E-state index is 0.154. The molecule has 1 amide bonds. The lowest BCUT2D eigenvalue weighted by Gasteiger charge is -2.36. The molecule has 0 atom stereocenters. The van der Waals surface area contributed by atoms with Gasteiger partial charge < -0.3 is 5.32 Å². The molecule has 0 bridgehead atoms. The van der Waals surface area contributed by atoms with Crippen LogP contribution in [0.15, 0.2) is 58.4 Å². The fraction of sp³-hybridized carbons (Fsp3) is 0.300. The fourth-order valence-electron chi connectivity index (χ4n) is 3.68. The highest BCUT2D eigenvalue weighted by molar-refractivity contribution is 7.89. The van der Waals surface area contributed by atoms with Gasteiger partial charge in [0.2, 0.25) is 10.0 Å². The number of rotatable bonds is 3. The van der Waals surface area contributed by atoms with Crippen molar-refractivity contribution >= 4 is 21.6 Å². The number of aliphatic imine (C=N–C) groups is 1. The molecule has 1 spiro atoms. The summed E-state index contributed by atoms with van der Waals surface area (Å²) >= 11 is 0. The van der Waals surface area contributed by atoms with E-state index in [2.05, 4.69) is 10.3 Å². The first-order valence-electron chi connectivity index (χ1n) is 9.05. The van der Waals surface area contributed by atoms with Crippen molar-refractivity contribution in [3.05, 3.63) is 65.5 Å². The van der Waals surface area contributed by atoms with Crippen LogP contribution in [0.4, 0.5) is 4.39 Å². The lowest BCUT2D eigenvalue weighted by molar-refractivity contribution is -0.115. The SMILES string of the molecule is Cc1cccc(C2=NC3(CCN(S(=O)(=O)c4ccccc4F)CC3)NC2=O)c1. The molecule has 0 aliphatic carbocycles. The number of carbonyl (C=O) groups is 1. The second-order valence-corrected chi connectivity index (χ2v) is 9.06. The van der Waals surface area contributed by atoms with Gasteiger partial charge in [-0.25, -0.2) is 12.8 Å². The van der Waals surface area contributed by atoms with E-state index >= 15 is 0 Å². The predicted octanol–water partition coefficient (Wildman–Crippen LogP) is 2.23. The molecule has 6 nitrogen and oxygen atoms in total. The summed E-state index contributed by atoms with van der Waals surface area (Å²) in [7, 11) is -3.93. The van der Waals surface area contributed by atoms with Gasteiger partial charge >= 0.3 is 0 Å². The first-order chi connectivity index (χ1) is 13.3. The first-order valence-corrected chi connectivity index (χ1v) is 10.5. The lowest BCUT2D eigenvalue weighted by Crippen LogP contribution is -2.52. The zero-order valence-corrected chi connectivity index (χ0v) is 16.2. The van der Waals surface area contributed by atoms with Crippen molar-refractivity contribution in [2.45, 2.75) is 30.3 Å². The fourth-order valence-corrected chi connectivity index (χ4v) is 5.18. The van der Waals surface area contributed by atoms with Crippen molar-refractivity contribution in [2.75, 3.05) is 13.1 Å². The van der Waals surface area contributed by atoms with E-state index in [9.17, 15) is 17.6 Å². The molecule has 1 N–H and O–H groups in total. The minimum atomic E-state index is -3.93. The van der Waals surface area contributed by atoms with Crippen LogP contribution in [0.3, 0.4) is 0 Å². The number of aryl methyl sites for hydroxylation is 1. The average Bonchev–Trinajstić information content (AvgIpc) is 2.98. The molecule has 2 aromatic rings. The van der Waals surface area contributed by atoms with E-state index in [0.717, 1.165) is 17.2 Å². The van der Waals surface area contributed by atoms with E-state index in [1.54, 1.807) is 0 Å². The van der Waals surface area contributed by atoms with Crippen LogP contribution in [0.2, 0.25) is 0 Å². The molecule has 2 aromatic carbocycles. The van der Waals surface area contributed by atoms with E-state index in [-0.39, 0.29) is 23.9 Å². The molecule has 0 radical (unpaired) electrons. The summed E-state index contributed by atoms with van der Waals surface area (Å²) in [5.41, 5.74) is 1.34. The Bertz CT molecular complexity index is 1070. The molecule has 28 heavy (non-hydrogen) atoms. The number of benzene rings is 2. The van der Waals surface area contributed by atoms with E-state index in [0.29, 0.717) is 18.6 Å². The maximum Gasteiger partial charge on any atom is 0.272 e. The Morgan fingerprint density at radius 1 is 1.11 bits per heavy atom. The summed E-state index contributed by atoms with van der Waals surface area (Å²) in [6.07, 6.45) is 0.670. The number of sulfonamides is 1. The monoisotopic (exact) mass is 401 g/mol. The van der Waals surface area contributed by atoms with Crippen molar-refractivity contribution < 1.29 is 17.6 Å². The van der Waals surface area contributed by atoms with Gasteiger partial charge in [-0.1, -0.05) is 35.9 Å². The Morgan fingerprint density at radius 2 is 1.82 bits per heavy atom. The van der Waals surface area contributed by atoms with E-state index in [1.807, 2.05) is 31.2 Å². The van der Waals surface area contributed by atoms with Crippen molar-refractivity contribution in [1.82, 2.24) is 9.62 Å². The third kappa shape index (κ3) is 3.22. The first kappa shape index (κ1) is 18.8. The highest BCUT2D eigenvalue weighted by Crippen LogP contribution is 2.32. The molecule has 0 unspecified atom stereocenters. The summed E-state index contributed by atoms with van der Waals surface area (Å²) in [6.45, 7) is 2.25. The van der Waals surface area contributed by atoms with Crippen LogP contribution in [0, 0.1) is 12.7 Å². The molecule has 0 saturated carbocycles. The van der Waals surface area contributed by atoms with E-state index in [1.165, 1.54) is 22.5 Å². The van der Waals surface area contributed by atoms with Gasteiger partial charge in [0.1, 0.15) is 22.1 Å². The summed E-state index contributed by atoms with van der Waals surface area (Å²) in [5.74, 6) is -1.02. The van der Waals surface area contributed by atoms with Gasteiger partial charge in [0, 0.05) is 31.5 Å². The summed E-state index contributed by atoms with van der Waals surface area (Å²) < 4.78 is 40.7. The van der Waals surface area contributed by atoms with Gasteiger partial charge in [-0.3, -0.25) is 9.79 Å². The Hall–Kier alpha value is -2.58. The quantitative estimate of drug-likeness (QED) is 0.857. The molecule has 2 aliphatic rings. The highest BCUT2D eigenvalue weighted by Gasteiger charge is 2.44. The Labute approximate surface area is 163 Å². The maximum atomic E-state index is 14.0. The van der Waals surface area contributed by atoms with Gasteiger partial charge in [-0.15, -0.1) is 0 Å². The number of hydrogen-bond donors (Lipinski definition) is 1. The van der Waals surface area contributed by atoms with E-state index in [4.69, 9.17) is 0 Å². The van der Waals surface area contributed by atoms with Gasteiger partial charge in [0.15, 0.2) is 0 Å². The maximum absolute atomic E-state index is 14.0. The summed E-state index contributed by atoms with van der Waals surface area (Å²) in [5, 5.41) is 2.92. The Balaban J connectivity index is 1.56. The topological polar surface area (TPSA) is 78.8 Å². The largest absolute Gasteiger partial charge is 0.326 e. The molecular formula is C20H20FN3O3S. The second-order valence-electron chi connectivity index (χ2n) is 7.15. The number of piperidine rings is 1. The average molecular weight is 401 g/mol. The zero-order chi connectivity index (χ0) is 19.9. The number of amides is 1. The number of nitrogens with one attached hydrogen (secondary N) is 1. The van der Waals surface area contributed by atoms with Crippen molar-refractivity contribution in [3.8, 4) is 0 Å². The van der Waals surface area contributed by atoms with Crippen LogP contribution >= 0.6 is 0 Å².